The second kappa shape index (κ2) is 10.3. The van der Waals surface area contributed by atoms with E-state index < -0.39 is 26.9 Å². The van der Waals surface area contributed by atoms with Gasteiger partial charge in [0.1, 0.15) is 11.6 Å². The number of sulfonamides is 1. The number of benzene rings is 1. The molecular weight excluding hydrogens is 436 g/mol. The van der Waals surface area contributed by atoms with Gasteiger partial charge in [-0.25, -0.2) is 17.2 Å². The van der Waals surface area contributed by atoms with E-state index in [4.69, 9.17) is 0 Å². The number of hydrogen-bond donors (Lipinski definition) is 3. The summed E-state index contributed by atoms with van der Waals surface area (Å²) in [6.45, 7) is 5.38. The van der Waals surface area contributed by atoms with Crippen LogP contribution in [0.5, 0.6) is 0 Å². The molecule has 8 nitrogen and oxygen atoms in total. The van der Waals surface area contributed by atoms with Gasteiger partial charge in [0.05, 0.1) is 18.9 Å². The number of aromatic nitrogens is 3. The van der Waals surface area contributed by atoms with Gasteiger partial charge in [-0.1, -0.05) is 31.7 Å². The lowest BCUT2D eigenvalue weighted by atomic mass is 10.0. The molecule has 1 aromatic heterocycles. The molecule has 0 aliphatic carbocycles. The van der Waals surface area contributed by atoms with E-state index >= 15 is 0 Å². The minimum absolute atomic E-state index is 0.0413. The van der Waals surface area contributed by atoms with E-state index in [1.54, 1.807) is 6.92 Å². The van der Waals surface area contributed by atoms with Crippen molar-refractivity contribution >= 4 is 33.7 Å². The molecule has 166 valence electrons. The summed E-state index contributed by atoms with van der Waals surface area (Å²) in [6, 6.07) is 3.22. The van der Waals surface area contributed by atoms with Crippen LogP contribution in [-0.4, -0.2) is 47.4 Å². The highest BCUT2D eigenvalue weighted by Gasteiger charge is 2.21. The smallest absolute Gasteiger partial charge is 0.242 e. The summed E-state index contributed by atoms with van der Waals surface area (Å²) in [4.78, 5) is 12.3. The summed E-state index contributed by atoms with van der Waals surface area (Å²) in [6.07, 6.45) is 1.57. The average molecular weight is 462 g/mol. The highest BCUT2D eigenvalue weighted by Crippen LogP contribution is 2.36. The molecule has 0 aliphatic heterocycles. The number of aliphatic hydroxyl groups excluding tert-OH is 1. The van der Waals surface area contributed by atoms with Gasteiger partial charge in [0.25, 0.3) is 0 Å². The Bertz CT molecular complexity index is 956. The molecule has 30 heavy (non-hydrogen) atoms. The SMILES string of the molecule is CC(C)C[C@H](CO)Nc1nc(NS(C)(=O)=O)nc(SC(C)c2c(F)cccc2F)n1. The molecule has 0 fully saturated rings. The molecule has 2 atom stereocenters. The lowest BCUT2D eigenvalue weighted by molar-refractivity contribution is 0.259. The number of nitrogens with zero attached hydrogens (tertiary/aromatic N) is 3. The summed E-state index contributed by atoms with van der Waals surface area (Å²) in [5.74, 6) is -1.31. The van der Waals surface area contributed by atoms with Crippen molar-refractivity contribution in [1.29, 1.82) is 0 Å². The van der Waals surface area contributed by atoms with Gasteiger partial charge in [0.2, 0.25) is 21.9 Å². The van der Waals surface area contributed by atoms with Gasteiger partial charge in [0.15, 0.2) is 5.16 Å². The zero-order chi connectivity index (χ0) is 22.5. The molecule has 1 heterocycles. The normalized spacial score (nSPS) is 13.9. The Hall–Kier alpha value is -2.05. The van der Waals surface area contributed by atoms with Gasteiger partial charge in [-0.3, -0.25) is 4.72 Å². The summed E-state index contributed by atoms with van der Waals surface area (Å²) in [5, 5.41) is 11.9. The Balaban J connectivity index is 2.36. The fourth-order valence-corrected chi connectivity index (χ4v) is 4.09. The predicted molar refractivity (Wildman–Crippen MR) is 113 cm³/mol. The summed E-state index contributed by atoms with van der Waals surface area (Å²) >= 11 is 0.948. The second-order valence-corrected chi connectivity index (χ2v) is 10.2. The Kier molecular flexibility index (Phi) is 8.33. The number of rotatable bonds is 10. The zero-order valence-electron chi connectivity index (χ0n) is 17.1. The molecule has 1 aromatic carbocycles. The highest BCUT2D eigenvalue weighted by molar-refractivity contribution is 7.99. The van der Waals surface area contributed by atoms with E-state index in [1.807, 2.05) is 13.8 Å². The van der Waals surface area contributed by atoms with Crippen LogP contribution in [-0.2, 0) is 10.0 Å². The van der Waals surface area contributed by atoms with E-state index in [2.05, 4.69) is 25.0 Å². The molecule has 0 saturated carbocycles. The third-order valence-electron chi connectivity index (χ3n) is 3.89. The van der Waals surface area contributed by atoms with Crippen LogP contribution in [0.3, 0.4) is 0 Å². The van der Waals surface area contributed by atoms with Crippen molar-refractivity contribution in [1.82, 2.24) is 15.0 Å². The third-order valence-corrected chi connectivity index (χ3v) is 5.43. The summed E-state index contributed by atoms with van der Waals surface area (Å²) < 4.78 is 53.6. The van der Waals surface area contributed by atoms with Crippen LogP contribution in [0, 0.1) is 17.6 Å². The molecule has 0 aliphatic rings. The van der Waals surface area contributed by atoms with Crippen LogP contribution in [0.1, 0.15) is 38.0 Å². The molecule has 3 N–H and O–H groups in total. The van der Waals surface area contributed by atoms with Crippen molar-refractivity contribution in [2.75, 3.05) is 22.9 Å². The standard InChI is InChI=1S/C18H25F2N5O3S2/c1-10(2)8-12(9-26)21-16-22-17(25-30(4,27)28)24-18(23-16)29-11(3)15-13(19)6-5-7-14(15)20/h5-7,10-12,26H,8-9H2,1-4H3,(H2,21,22,23,24,25)/t11?,12-/m1/s1. The first-order chi connectivity index (χ1) is 14.0. The van der Waals surface area contributed by atoms with Crippen molar-refractivity contribution in [3.05, 3.63) is 35.4 Å². The van der Waals surface area contributed by atoms with Crippen LogP contribution >= 0.6 is 11.8 Å². The molecule has 0 saturated heterocycles. The van der Waals surface area contributed by atoms with E-state index in [0.29, 0.717) is 6.42 Å². The Labute approximate surface area is 179 Å². The fraction of sp³-hybridized carbons (Fsp3) is 0.500. The number of halogens is 2. The van der Waals surface area contributed by atoms with Crippen molar-refractivity contribution in [3.8, 4) is 0 Å². The molecule has 2 aromatic rings. The van der Waals surface area contributed by atoms with Gasteiger partial charge in [0, 0.05) is 10.8 Å². The molecule has 12 heteroatoms. The quantitative estimate of drug-likeness (QED) is 0.462. The van der Waals surface area contributed by atoms with Crippen LogP contribution in [0.2, 0.25) is 0 Å². The Morgan fingerprint density at radius 2 is 1.70 bits per heavy atom. The van der Waals surface area contributed by atoms with Crippen molar-refractivity contribution in [2.24, 2.45) is 5.92 Å². The van der Waals surface area contributed by atoms with Gasteiger partial charge in [-0.15, -0.1) is 0 Å². The van der Waals surface area contributed by atoms with Gasteiger partial charge >= 0.3 is 0 Å². The summed E-state index contributed by atoms with van der Waals surface area (Å²) in [7, 11) is -3.67. The topological polar surface area (TPSA) is 117 Å². The zero-order valence-corrected chi connectivity index (χ0v) is 18.7. The molecule has 1 unspecified atom stereocenters. The van der Waals surface area contributed by atoms with E-state index in [0.717, 1.165) is 30.2 Å². The van der Waals surface area contributed by atoms with Crippen LogP contribution in [0.25, 0.3) is 0 Å². The highest BCUT2D eigenvalue weighted by atomic mass is 32.2. The van der Waals surface area contributed by atoms with Crippen molar-refractivity contribution < 1.29 is 22.3 Å². The van der Waals surface area contributed by atoms with Crippen molar-refractivity contribution in [2.45, 2.75) is 43.6 Å². The predicted octanol–water partition coefficient (Wildman–Crippen LogP) is 3.19. The fourth-order valence-electron chi connectivity index (χ4n) is 2.73. The third kappa shape index (κ3) is 7.33. The minimum atomic E-state index is -3.67. The molecule has 0 spiro atoms. The van der Waals surface area contributed by atoms with E-state index in [-0.39, 0.29) is 41.2 Å². The molecule has 0 bridgehead atoms. The lowest BCUT2D eigenvalue weighted by Crippen LogP contribution is -2.27. The number of anilines is 2. The number of hydrogen-bond acceptors (Lipinski definition) is 8. The van der Waals surface area contributed by atoms with E-state index in [9.17, 15) is 22.3 Å². The number of aliphatic hydroxyl groups is 1. The first-order valence-electron chi connectivity index (χ1n) is 9.20. The van der Waals surface area contributed by atoms with E-state index in [1.165, 1.54) is 6.07 Å². The second-order valence-electron chi connectivity index (χ2n) is 7.19. The maximum atomic E-state index is 14.1. The average Bonchev–Trinajstić information content (AvgIpc) is 2.58. The van der Waals surface area contributed by atoms with Gasteiger partial charge in [-0.2, -0.15) is 15.0 Å². The molecule has 0 amide bonds. The number of thioether (sulfide) groups is 1. The first-order valence-corrected chi connectivity index (χ1v) is 12.0. The monoisotopic (exact) mass is 461 g/mol. The Morgan fingerprint density at radius 3 is 2.23 bits per heavy atom. The maximum Gasteiger partial charge on any atom is 0.242 e. The van der Waals surface area contributed by atoms with Crippen LogP contribution in [0.4, 0.5) is 20.7 Å². The van der Waals surface area contributed by atoms with Gasteiger partial charge in [-0.05, 0) is 31.4 Å². The van der Waals surface area contributed by atoms with Gasteiger partial charge < -0.3 is 10.4 Å². The van der Waals surface area contributed by atoms with Crippen LogP contribution < -0.4 is 10.0 Å². The molecule has 2 rings (SSSR count). The van der Waals surface area contributed by atoms with Crippen molar-refractivity contribution in [3.63, 3.8) is 0 Å². The first kappa shape index (κ1) is 24.2. The maximum absolute atomic E-state index is 14.1. The minimum Gasteiger partial charge on any atom is -0.394 e. The largest absolute Gasteiger partial charge is 0.394 e. The molecular formula is C18H25F2N5O3S2. The molecule has 0 radical (unpaired) electrons. The Morgan fingerprint density at radius 1 is 1.10 bits per heavy atom. The lowest BCUT2D eigenvalue weighted by Gasteiger charge is -2.19. The number of nitrogens with one attached hydrogen (secondary N) is 2. The summed E-state index contributed by atoms with van der Waals surface area (Å²) in [5.41, 5.74) is -0.136. The van der Waals surface area contributed by atoms with Crippen LogP contribution in [0.15, 0.2) is 23.4 Å².